The largest absolute Gasteiger partial charge is 0.372 e. The van der Waals surface area contributed by atoms with E-state index >= 15 is 0 Å². The fraction of sp³-hybridized carbons (Fsp3) is 0.211. The van der Waals surface area contributed by atoms with Crippen LogP contribution in [0.15, 0.2) is 60.2 Å². The van der Waals surface area contributed by atoms with Crippen LogP contribution in [0.3, 0.4) is 0 Å². The zero-order valence-corrected chi connectivity index (χ0v) is 12.4. The van der Waals surface area contributed by atoms with Gasteiger partial charge in [0.25, 0.3) is 0 Å². The molecule has 2 atom stereocenters. The molecule has 110 valence electrons. The summed E-state index contributed by atoms with van der Waals surface area (Å²) in [5, 5.41) is 3.13. The Balaban J connectivity index is 1.90. The standard InChI is InChI=1S/C19H17NO2/c1-22-19-14-10-6-5-9-13(14)15-11-16(21)20-18(17(15)19)12-7-3-2-4-8-12/h2-10,18-19H,11H2,1H3,(H,20,21)/t18-,19+/m0/s1. The fourth-order valence-electron chi connectivity index (χ4n) is 3.62. The summed E-state index contributed by atoms with van der Waals surface area (Å²) in [6, 6.07) is 18.2. The third-order valence-electron chi connectivity index (χ3n) is 4.52. The van der Waals surface area contributed by atoms with Crippen molar-refractivity contribution in [2.45, 2.75) is 18.6 Å². The molecule has 0 saturated heterocycles. The molecule has 1 aliphatic heterocycles. The molecule has 2 aliphatic rings. The lowest BCUT2D eigenvalue weighted by Gasteiger charge is -2.29. The molecule has 22 heavy (non-hydrogen) atoms. The van der Waals surface area contributed by atoms with Gasteiger partial charge in [0.1, 0.15) is 6.10 Å². The summed E-state index contributed by atoms with van der Waals surface area (Å²) in [7, 11) is 1.73. The van der Waals surface area contributed by atoms with Gasteiger partial charge in [-0.25, -0.2) is 0 Å². The molecule has 1 aliphatic carbocycles. The third-order valence-corrected chi connectivity index (χ3v) is 4.52. The minimum atomic E-state index is -0.116. The quantitative estimate of drug-likeness (QED) is 0.921. The van der Waals surface area contributed by atoms with E-state index in [1.54, 1.807) is 7.11 Å². The SMILES string of the molecule is CO[C@H]1C2=C(CC(=O)N[C@H]2c2ccccc2)c2ccccc21. The van der Waals surface area contributed by atoms with Gasteiger partial charge in [-0.05, 0) is 27.8 Å². The number of methoxy groups -OCH3 is 1. The summed E-state index contributed by atoms with van der Waals surface area (Å²) in [6.45, 7) is 0. The molecule has 0 radical (unpaired) electrons. The highest BCUT2D eigenvalue weighted by atomic mass is 16.5. The van der Waals surface area contributed by atoms with Crippen molar-refractivity contribution in [3.8, 4) is 0 Å². The summed E-state index contributed by atoms with van der Waals surface area (Å²) in [6.07, 6.45) is 0.340. The Morgan fingerprint density at radius 1 is 1.05 bits per heavy atom. The van der Waals surface area contributed by atoms with Crippen molar-refractivity contribution in [3.05, 3.63) is 76.9 Å². The normalized spacial score (nSPS) is 23.0. The number of amides is 1. The molecule has 0 saturated carbocycles. The molecule has 0 aromatic heterocycles. The Morgan fingerprint density at radius 2 is 1.77 bits per heavy atom. The van der Waals surface area contributed by atoms with Crippen LogP contribution < -0.4 is 5.32 Å². The summed E-state index contributed by atoms with van der Waals surface area (Å²) < 4.78 is 5.78. The molecule has 2 aromatic carbocycles. The van der Waals surface area contributed by atoms with Crippen LogP contribution >= 0.6 is 0 Å². The van der Waals surface area contributed by atoms with Crippen molar-refractivity contribution >= 4 is 11.5 Å². The number of carbonyl (C=O) groups excluding carboxylic acids is 1. The van der Waals surface area contributed by atoms with Crippen molar-refractivity contribution in [3.63, 3.8) is 0 Å². The third kappa shape index (κ3) is 1.90. The number of carbonyl (C=O) groups is 1. The van der Waals surface area contributed by atoms with Gasteiger partial charge in [-0.2, -0.15) is 0 Å². The van der Waals surface area contributed by atoms with Crippen LogP contribution in [0.4, 0.5) is 0 Å². The highest BCUT2D eigenvalue weighted by Gasteiger charge is 2.40. The highest BCUT2D eigenvalue weighted by Crippen LogP contribution is 2.50. The topological polar surface area (TPSA) is 38.3 Å². The predicted octanol–water partition coefficient (Wildman–Crippen LogP) is 3.40. The number of benzene rings is 2. The second-order valence-electron chi connectivity index (χ2n) is 5.72. The molecule has 4 rings (SSSR count). The first-order chi connectivity index (χ1) is 10.8. The Morgan fingerprint density at radius 3 is 2.55 bits per heavy atom. The smallest absolute Gasteiger partial charge is 0.225 e. The Bertz CT molecular complexity index is 764. The molecule has 0 unspecified atom stereocenters. The van der Waals surface area contributed by atoms with E-state index in [1.807, 2.05) is 30.3 Å². The van der Waals surface area contributed by atoms with Gasteiger partial charge < -0.3 is 10.1 Å². The minimum absolute atomic E-state index is 0.0687. The van der Waals surface area contributed by atoms with Crippen LogP contribution in [0.2, 0.25) is 0 Å². The number of ether oxygens (including phenoxy) is 1. The second kappa shape index (κ2) is 5.11. The van der Waals surface area contributed by atoms with Gasteiger partial charge in [0.15, 0.2) is 0 Å². The Kier molecular flexibility index (Phi) is 3.09. The molecule has 1 heterocycles. The average Bonchev–Trinajstić information content (AvgIpc) is 2.88. The van der Waals surface area contributed by atoms with Crippen LogP contribution in [-0.4, -0.2) is 13.0 Å². The van der Waals surface area contributed by atoms with Crippen LogP contribution in [0.1, 0.15) is 35.3 Å². The van der Waals surface area contributed by atoms with Crippen molar-refractivity contribution in [1.29, 1.82) is 0 Å². The lowest BCUT2D eigenvalue weighted by atomic mass is 9.89. The zero-order valence-electron chi connectivity index (χ0n) is 12.4. The maximum atomic E-state index is 12.2. The number of nitrogens with one attached hydrogen (secondary N) is 1. The van der Waals surface area contributed by atoms with Crippen LogP contribution in [-0.2, 0) is 9.53 Å². The van der Waals surface area contributed by atoms with E-state index in [0.29, 0.717) is 6.42 Å². The van der Waals surface area contributed by atoms with Gasteiger partial charge in [0.05, 0.1) is 12.5 Å². The predicted molar refractivity (Wildman–Crippen MR) is 85.1 cm³/mol. The first kappa shape index (κ1) is 13.3. The van der Waals surface area contributed by atoms with E-state index in [1.165, 1.54) is 5.57 Å². The van der Waals surface area contributed by atoms with Gasteiger partial charge in [-0.3, -0.25) is 4.79 Å². The van der Waals surface area contributed by atoms with Crippen molar-refractivity contribution in [2.24, 2.45) is 0 Å². The Labute approximate surface area is 129 Å². The lowest BCUT2D eigenvalue weighted by molar-refractivity contribution is -0.121. The summed E-state index contributed by atoms with van der Waals surface area (Å²) >= 11 is 0. The van der Waals surface area contributed by atoms with Gasteiger partial charge in [-0.15, -0.1) is 0 Å². The van der Waals surface area contributed by atoms with Gasteiger partial charge >= 0.3 is 0 Å². The number of hydrogen-bond acceptors (Lipinski definition) is 2. The van der Waals surface area contributed by atoms with Crippen LogP contribution in [0.5, 0.6) is 0 Å². The van der Waals surface area contributed by atoms with Crippen molar-refractivity contribution in [2.75, 3.05) is 7.11 Å². The molecule has 3 nitrogen and oxygen atoms in total. The first-order valence-electron chi connectivity index (χ1n) is 7.49. The monoisotopic (exact) mass is 291 g/mol. The van der Waals surface area contributed by atoms with E-state index in [0.717, 1.165) is 22.3 Å². The summed E-state index contributed by atoms with van der Waals surface area (Å²) in [5.41, 5.74) is 5.71. The van der Waals surface area contributed by atoms with Crippen molar-refractivity contribution < 1.29 is 9.53 Å². The molecule has 1 N–H and O–H groups in total. The van der Waals surface area contributed by atoms with Gasteiger partial charge in [0, 0.05) is 7.11 Å². The molecule has 0 bridgehead atoms. The molecule has 0 fully saturated rings. The van der Waals surface area contributed by atoms with E-state index in [2.05, 4.69) is 29.6 Å². The molecule has 0 spiro atoms. The van der Waals surface area contributed by atoms with Crippen molar-refractivity contribution in [1.82, 2.24) is 5.32 Å². The van der Waals surface area contributed by atoms with Crippen LogP contribution in [0, 0.1) is 0 Å². The van der Waals surface area contributed by atoms with Gasteiger partial charge in [-0.1, -0.05) is 54.6 Å². The van der Waals surface area contributed by atoms with E-state index in [-0.39, 0.29) is 18.1 Å². The molecule has 1 amide bonds. The second-order valence-corrected chi connectivity index (χ2v) is 5.72. The first-order valence-corrected chi connectivity index (χ1v) is 7.49. The number of rotatable bonds is 2. The number of fused-ring (bicyclic) bond motifs is 2. The fourth-order valence-corrected chi connectivity index (χ4v) is 3.62. The minimum Gasteiger partial charge on any atom is -0.372 e. The van der Waals surface area contributed by atoms with E-state index in [4.69, 9.17) is 4.74 Å². The summed E-state index contributed by atoms with van der Waals surface area (Å²) in [4.78, 5) is 12.2. The molecule has 3 heteroatoms. The Hall–Kier alpha value is -2.39. The van der Waals surface area contributed by atoms with Gasteiger partial charge in [0.2, 0.25) is 5.91 Å². The maximum Gasteiger partial charge on any atom is 0.225 e. The van der Waals surface area contributed by atoms with E-state index < -0.39 is 0 Å². The highest BCUT2D eigenvalue weighted by molar-refractivity contribution is 5.96. The van der Waals surface area contributed by atoms with E-state index in [9.17, 15) is 4.79 Å². The average molecular weight is 291 g/mol. The lowest BCUT2D eigenvalue weighted by Crippen LogP contribution is -2.34. The number of hydrogen-bond donors (Lipinski definition) is 1. The zero-order chi connectivity index (χ0) is 15.1. The molecular formula is C19H17NO2. The molecular weight excluding hydrogens is 274 g/mol. The van der Waals surface area contributed by atoms with Crippen LogP contribution in [0.25, 0.3) is 5.57 Å². The molecule has 2 aromatic rings. The summed E-state index contributed by atoms with van der Waals surface area (Å²) in [5.74, 6) is 0.0687. The maximum absolute atomic E-state index is 12.2.